The average molecular weight is 272 g/mol. The van der Waals surface area contributed by atoms with Crippen LogP contribution >= 0.6 is 0 Å². The van der Waals surface area contributed by atoms with Crippen molar-refractivity contribution in [3.8, 4) is 0 Å². The molecule has 0 radical (unpaired) electrons. The second-order valence-corrected chi connectivity index (χ2v) is 5.39. The van der Waals surface area contributed by atoms with E-state index in [1.54, 1.807) is 0 Å². The third-order valence-corrected chi connectivity index (χ3v) is 3.73. The number of aliphatic hydroxyl groups is 1. The van der Waals surface area contributed by atoms with Crippen LogP contribution < -0.4 is 11.1 Å². The number of nitrogens with one attached hydrogen (secondary N) is 1. The summed E-state index contributed by atoms with van der Waals surface area (Å²) in [6, 6.07) is 0. The van der Waals surface area contributed by atoms with Crippen LogP contribution in [0.5, 0.6) is 0 Å². The Labute approximate surface area is 115 Å². The van der Waals surface area contributed by atoms with Gasteiger partial charge in [0.1, 0.15) is 0 Å². The van der Waals surface area contributed by atoms with E-state index in [2.05, 4.69) is 5.32 Å². The number of aliphatic hydroxyl groups excluding tert-OH is 1. The zero-order valence-corrected chi connectivity index (χ0v) is 11.8. The van der Waals surface area contributed by atoms with E-state index < -0.39 is 0 Å². The van der Waals surface area contributed by atoms with Crippen LogP contribution in [0.15, 0.2) is 0 Å². The summed E-state index contributed by atoms with van der Waals surface area (Å²) < 4.78 is 4.95. The fraction of sp³-hybridized carbons (Fsp3) is 0.929. The van der Waals surface area contributed by atoms with E-state index in [1.165, 1.54) is 25.7 Å². The lowest BCUT2D eigenvalue weighted by atomic mass is 9.81. The van der Waals surface area contributed by atoms with E-state index in [0.717, 1.165) is 13.1 Å². The number of carbonyl (C=O) groups excluding carboxylic acids is 1. The molecule has 0 aliphatic heterocycles. The number of hydrogen-bond acceptors (Lipinski definition) is 5. The van der Waals surface area contributed by atoms with Gasteiger partial charge in [0, 0.05) is 19.6 Å². The molecule has 0 aromatic carbocycles. The Hall–Kier alpha value is -0.650. The molecule has 0 amide bonds. The zero-order chi connectivity index (χ0) is 13.9. The molecule has 5 heteroatoms. The standard InChI is InChI=1S/C14H28N2O3/c15-10-12-3-1-4-13(9-12)11-16-6-5-14(18)19-8-2-7-17/h12-13,16-17H,1-11,15H2. The summed E-state index contributed by atoms with van der Waals surface area (Å²) in [4.78, 5) is 11.3. The third-order valence-electron chi connectivity index (χ3n) is 3.73. The molecule has 1 aliphatic carbocycles. The average Bonchev–Trinajstić information content (AvgIpc) is 2.44. The highest BCUT2D eigenvalue weighted by atomic mass is 16.5. The van der Waals surface area contributed by atoms with Crippen LogP contribution in [0.4, 0.5) is 0 Å². The Bertz CT molecular complexity index is 249. The van der Waals surface area contributed by atoms with Gasteiger partial charge in [-0.15, -0.1) is 0 Å². The highest BCUT2D eigenvalue weighted by Gasteiger charge is 2.20. The highest BCUT2D eigenvalue weighted by Crippen LogP contribution is 2.27. The number of rotatable bonds is 9. The van der Waals surface area contributed by atoms with E-state index in [1.807, 2.05) is 0 Å². The summed E-state index contributed by atoms with van der Waals surface area (Å²) in [5.74, 6) is 1.20. The minimum absolute atomic E-state index is 0.0650. The van der Waals surface area contributed by atoms with Crippen molar-refractivity contribution in [3.63, 3.8) is 0 Å². The normalized spacial score (nSPS) is 23.3. The molecule has 4 N–H and O–H groups in total. The summed E-state index contributed by atoms with van der Waals surface area (Å²) in [7, 11) is 0. The predicted molar refractivity (Wildman–Crippen MR) is 74.7 cm³/mol. The number of carbonyl (C=O) groups is 1. The number of ether oxygens (including phenoxy) is 1. The molecule has 5 nitrogen and oxygen atoms in total. The van der Waals surface area contributed by atoms with E-state index in [9.17, 15) is 4.79 Å². The van der Waals surface area contributed by atoms with Gasteiger partial charge in [0.2, 0.25) is 0 Å². The molecular formula is C14H28N2O3. The maximum atomic E-state index is 11.3. The van der Waals surface area contributed by atoms with Gasteiger partial charge < -0.3 is 20.9 Å². The van der Waals surface area contributed by atoms with Gasteiger partial charge in [0.15, 0.2) is 0 Å². The van der Waals surface area contributed by atoms with Gasteiger partial charge in [0.05, 0.1) is 13.0 Å². The number of nitrogens with two attached hydrogens (primary N) is 1. The molecule has 2 atom stereocenters. The van der Waals surface area contributed by atoms with Gasteiger partial charge >= 0.3 is 5.97 Å². The first-order valence-corrected chi connectivity index (χ1v) is 7.43. The molecule has 1 saturated carbocycles. The van der Waals surface area contributed by atoms with Crippen LogP contribution in [0.3, 0.4) is 0 Å². The van der Waals surface area contributed by atoms with Gasteiger partial charge in [-0.25, -0.2) is 0 Å². The maximum Gasteiger partial charge on any atom is 0.307 e. The van der Waals surface area contributed by atoms with Crippen molar-refractivity contribution in [3.05, 3.63) is 0 Å². The van der Waals surface area contributed by atoms with Crippen molar-refractivity contribution in [1.29, 1.82) is 0 Å². The topological polar surface area (TPSA) is 84.6 Å². The van der Waals surface area contributed by atoms with Crippen molar-refractivity contribution in [2.75, 3.05) is 32.8 Å². The largest absolute Gasteiger partial charge is 0.466 e. The first-order valence-electron chi connectivity index (χ1n) is 7.43. The minimum atomic E-state index is -0.190. The first kappa shape index (κ1) is 16.4. The Morgan fingerprint density at radius 2 is 2.16 bits per heavy atom. The van der Waals surface area contributed by atoms with Gasteiger partial charge in [0.25, 0.3) is 0 Å². The lowest BCUT2D eigenvalue weighted by Crippen LogP contribution is -2.31. The lowest BCUT2D eigenvalue weighted by molar-refractivity contribution is -0.143. The fourth-order valence-corrected chi connectivity index (χ4v) is 2.62. The Morgan fingerprint density at radius 3 is 2.89 bits per heavy atom. The van der Waals surface area contributed by atoms with Crippen molar-refractivity contribution in [1.82, 2.24) is 5.32 Å². The van der Waals surface area contributed by atoms with Gasteiger partial charge in [-0.2, -0.15) is 0 Å². The van der Waals surface area contributed by atoms with Crippen molar-refractivity contribution in [2.45, 2.75) is 38.5 Å². The minimum Gasteiger partial charge on any atom is -0.466 e. The molecule has 0 bridgehead atoms. The van der Waals surface area contributed by atoms with E-state index >= 15 is 0 Å². The molecule has 0 heterocycles. The quantitative estimate of drug-likeness (QED) is 0.424. The third kappa shape index (κ3) is 7.50. The van der Waals surface area contributed by atoms with Crippen LogP contribution in [0, 0.1) is 11.8 Å². The van der Waals surface area contributed by atoms with Crippen molar-refractivity contribution >= 4 is 5.97 Å². The second kappa shape index (κ2) is 10.2. The monoisotopic (exact) mass is 272 g/mol. The van der Waals surface area contributed by atoms with Crippen molar-refractivity contribution < 1.29 is 14.6 Å². The molecule has 2 unspecified atom stereocenters. The molecule has 112 valence electrons. The summed E-state index contributed by atoms with van der Waals surface area (Å²) in [6.45, 7) is 2.82. The number of esters is 1. The summed E-state index contributed by atoms with van der Waals surface area (Å²) in [5.41, 5.74) is 5.72. The molecule has 19 heavy (non-hydrogen) atoms. The molecule has 1 aliphatic rings. The summed E-state index contributed by atoms with van der Waals surface area (Å²) in [5, 5.41) is 11.9. The molecule has 1 rings (SSSR count). The zero-order valence-electron chi connectivity index (χ0n) is 11.8. The van der Waals surface area contributed by atoms with Crippen LogP contribution in [0.2, 0.25) is 0 Å². The maximum absolute atomic E-state index is 11.3. The van der Waals surface area contributed by atoms with E-state index in [-0.39, 0.29) is 12.6 Å². The van der Waals surface area contributed by atoms with E-state index in [4.69, 9.17) is 15.6 Å². The summed E-state index contributed by atoms with van der Waals surface area (Å²) in [6.07, 6.45) is 5.94. The SMILES string of the molecule is NCC1CCCC(CNCCC(=O)OCCCO)C1. The van der Waals surface area contributed by atoms with Crippen LogP contribution in [-0.4, -0.2) is 43.9 Å². The van der Waals surface area contributed by atoms with Crippen molar-refractivity contribution in [2.24, 2.45) is 17.6 Å². The smallest absolute Gasteiger partial charge is 0.307 e. The predicted octanol–water partition coefficient (Wildman–Crippen LogP) is 0.657. The Kier molecular flexibility index (Phi) is 8.79. The lowest BCUT2D eigenvalue weighted by Gasteiger charge is -2.28. The molecular weight excluding hydrogens is 244 g/mol. The molecule has 1 fully saturated rings. The molecule has 0 saturated heterocycles. The van der Waals surface area contributed by atoms with Gasteiger partial charge in [-0.05, 0) is 44.2 Å². The molecule has 0 aromatic rings. The highest BCUT2D eigenvalue weighted by molar-refractivity contribution is 5.69. The van der Waals surface area contributed by atoms with Gasteiger partial charge in [-0.1, -0.05) is 6.42 Å². The second-order valence-electron chi connectivity index (χ2n) is 5.39. The molecule has 0 aromatic heterocycles. The first-order chi connectivity index (χ1) is 9.26. The number of hydrogen-bond donors (Lipinski definition) is 3. The summed E-state index contributed by atoms with van der Waals surface area (Å²) >= 11 is 0. The van der Waals surface area contributed by atoms with Crippen LogP contribution in [-0.2, 0) is 9.53 Å². The Balaban J connectivity index is 1.99. The fourth-order valence-electron chi connectivity index (χ4n) is 2.62. The molecule has 0 spiro atoms. The van der Waals surface area contributed by atoms with Crippen LogP contribution in [0.25, 0.3) is 0 Å². The van der Waals surface area contributed by atoms with E-state index in [0.29, 0.717) is 37.8 Å². The van der Waals surface area contributed by atoms with Crippen LogP contribution in [0.1, 0.15) is 38.5 Å². The Morgan fingerprint density at radius 1 is 1.37 bits per heavy atom. The van der Waals surface area contributed by atoms with Gasteiger partial charge in [-0.3, -0.25) is 4.79 Å².